The zero-order chi connectivity index (χ0) is 21.7. The van der Waals surface area contributed by atoms with Crippen molar-refractivity contribution >= 4 is 21.6 Å². The van der Waals surface area contributed by atoms with E-state index in [1.807, 2.05) is 37.3 Å². The Kier molecular flexibility index (Phi) is 7.25. The zero-order valence-corrected chi connectivity index (χ0v) is 18.3. The van der Waals surface area contributed by atoms with Gasteiger partial charge in [-0.2, -0.15) is 4.31 Å². The van der Waals surface area contributed by atoms with Crippen LogP contribution >= 0.6 is 0 Å². The first-order valence-electron chi connectivity index (χ1n) is 10.2. The molecule has 1 aliphatic rings. The Bertz CT molecular complexity index is 953. The normalized spacial score (nSPS) is 16.9. The Balaban J connectivity index is 1.76. The Morgan fingerprint density at radius 2 is 1.73 bits per heavy atom. The van der Waals surface area contributed by atoms with Gasteiger partial charge in [0.2, 0.25) is 10.0 Å². The number of aliphatic hydroxyl groups is 1. The molecule has 2 aromatic rings. The van der Waals surface area contributed by atoms with Crippen molar-refractivity contribution in [2.24, 2.45) is 0 Å². The van der Waals surface area contributed by atoms with E-state index in [0.29, 0.717) is 31.7 Å². The van der Waals surface area contributed by atoms with Gasteiger partial charge in [0.1, 0.15) is 0 Å². The van der Waals surface area contributed by atoms with Gasteiger partial charge >= 0.3 is 0 Å². The minimum Gasteiger partial charge on any atom is -0.395 e. The second kappa shape index (κ2) is 9.70. The number of sulfonamides is 1. The minimum absolute atomic E-state index is 0.0596. The molecule has 1 unspecified atom stereocenters. The molecular weight excluding hydrogens is 402 g/mol. The van der Waals surface area contributed by atoms with Gasteiger partial charge in [-0.3, -0.25) is 9.69 Å². The third-order valence-electron chi connectivity index (χ3n) is 5.64. The maximum absolute atomic E-state index is 13.2. The van der Waals surface area contributed by atoms with Gasteiger partial charge < -0.3 is 10.0 Å². The van der Waals surface area contributed by atoms with Crippen molar-refractivity contribution in [3.63, 3.8) is 0 Å². The molecule has 7 nitrogen and oxygen atoms in total. The third kappa shape index (κ3) is 4.73. The van der Waals surface area contributed by atoms with E-state index in [4.69, 9.17) is 0 Å². The number of benzene rings is 2. The van der Waals surface area contributed by atoms with Crippen LogP contribution in [-0.4, -0.2) is 74.5 Å². The molecule has 0 bridgehead atoms. The lowest BCUT2D eigenvalue weighted by atomic mass is 10.2. The van der Waals surface area contributed by atoms with E-state index >= 15 is 0 Å². The molecule has 1 fully saturated rings. The second-order valence-electron chi connectivity index (χ2n) is 7.41. The van der Waals surface area contributed by atoms with E-state index in [0.717, 1.165) is 12.1 Å². The summed E-state index contributed by atoms with van der Waals surface area (Å²) >= 11 is 0. The predicted molar refractivity (Wildman–Crippen MR) is 117 cm³/mol. The molecule has 1 N–H and O–H groups in total. The number of piperazine rings is 1. The van der Waals surface area contributed by atoms with Crippen LogP contribution in [0, 0.1) is 0 Å². The molecule has 2 aromatic carbocycles. The molecule has 0 spiro atoms. The number of carbonyl (C=O) groups is 1. The molecule has 0 aromatic heterocycles. The van der Waals surface area contributed by atoms with Gasteiger partial charge in [0.25, 0.3) is 5.91 Å². The molecule has 1 amide bonds. The van der Waals surface area contributed by atoms with Crippen LogP contribution < -0.4 is 4.90 Å². The molecular formula is C22H29N3O4S. The van der Waals surface area contributed by atoms with Crippen molar-refractivity contribution < 1.29 is 18.3 Å². The summed E-state index contributed by atoms with van der Waals surface area (Å²) in [6.45, 7) is 3.96. The van der Waals surface area contributed by atoms with E-state index in [-0.39, 0.29) is 23.5 Å². The van der Waals surface area contributed by atoms with Crippen LogP contribution in [0.2, 0.25) is 0 Å². The summed E-state index contributed by atoms with van der Waals surface area (Å²) < 4.78 is 27.8. The number of nitrogens with zero attached hydrogens (tertiary/aromatic N) is 3. The molecule has 1 heterocycles. The van der Waals surface area contributed by atoms with Gasteiger partial charge in [-0.05, 0) is 36.8 Å². The fourth-order valence-corrected chi connectivity index (χ4v) is 5.18. The van der Waals surface area contributed by atoms with Gasteiger partial charge in [0.05, 0.1) is 11.5 Å². The average molecular weight is 432 g/mol. The van der Waals surface area contributed by atoms with E-state index in [1.54, 1.807) is 19.2 Å². The summed E-state index contributed by atoms with van der Waals surface area (Å²) in [5, 5.41) is 9.48. The lowest BCUT2D eigenvalue weighted by Crippen LogP contribution is -2.52. The van der Waals surface area contributed by atoms with Crippen LogP contribution in [0.4, 0.5) is 5.69 Å². The quantitative estimate of drug-likeness (QED) is 0.726. The first kappa shape index (κ1) is 22.4. The summed E-state index contributed by atoms with van der Waals surface area (Å²) in [5.74, 6) is -0.267. The minimum atomic E-state index is -3.70. The molecule has 0 saturated carbocycles. The lowest BCUT2D eigenvalue weighted by molar-refractivity contribution is 0.0881. The Morgan fingerprint density at radius 1 is 1.07 bits per heavy atom. The van der Waals surface area contributed by atoms with Crippen LogP contribution in [0.25, 0.3) is 0 Å². The highest BCUT2D eigenvalue weighted by Gasteiger charge is 2.31. The Labute approximate surface area is 178 Å². The van der Waals surface area contributed by atoms with Gasteiger partial charge in [-0.1, -0.05) is 31.2 Å². The summed E-state index contributed by atoms with van der Waals surface area (Å²) in [6, 6.07) is 15.5. The largest absolute Gasteiger partial charge is 0.395 e. The first-order valence-corrected chi connectivity index (χ1v) is 11.6. The van der Waals surface area contributed by atoms with E-state index in [1.165, 1.54) is 21.3 Å². The second-order valence-corrected chi connectivity index (χ2v) is 9.35. The van der Waals surface area contributed by atoms with Crippen molar-refractivity contribution in [2.45, 2.75) is 24.3 Å². The molecule has 1 atom stereocenters. The van der Waals surface area contributed by atoms with Gasteiger partial charge in [0, 0.05) is 50.5 Å². The Hall–Kier alpha value is -2.26. The molecule has 30 heavy (non-hydrogen) atoms. The number of rotatable bonds is 7. The monoisotopic (exact) mass is 431 g/mol. The van der Waals surface area contributed by atoms with Gasteiger partial charge in [0.15, 0.2) is 0 Å². The Morgan fingerprint density at radius 3 is 2.33 bits per heavy atom. The molecule has 1 aliphatic heterocycles. The molecule has 162 valence electrons. The first-order chi connectivity index (χ1) is 14.4. The highest BCUT2D eigenvalue weighted by atomic mass is 32.2. The highest BCUT2D eigenvalue weighted by Crippen LogP contribution is 2.22. The standard InChI is InChI=1S/C22H29N3O4S/c1-3-19(17-26)24-12-14-25(15-13-24)30(28,29)21-11-7-8-18(16-21)22(27)23(2)20-9-5-4-6-10-20/h4-11,16,19,26H,3,12-15,17H2,1-2H3. The summed E-state index contributed by atoms with van der Waals surface area (Å²) in [7, 11) is -2.03. The van der Waals surface area contributed by atoms with Crippen molar-refractivity contribution in [2.75, 3.05) is 44.7 Å². The topological polar surface area (TPSA) is 81.2 Å². The number of para-hydroxylation sites is 1. The van der Waals surface area contributed by atoms with Gasteiger partial charge in [-0.15, -0.1) is 0 Å². The van der Waals surface area contributed by atoms with E-state index < -0.39 is 10.0 Å². The number of anilines is 1. The zero-order valence-electron chi connectivity index (χ0n) is 17.4. The number of amides is 1. The summed E-state index contributed by atoms with van der Waals surface area (Å²) in [4.78, 5) is 16.6. The van der Waals surface area contributed by atoms with Crippen LogP contribution in [-0.2, 0) is 10.0 Å². The summed E-state index contributed by atoms with van der Waals surface area (Å²) in [5.41, 5.74) is 1.06. The molecule has 0 aliphatic carbocycles. The van der Waals surface area contributed by atoms with Crippen LogP contribution in [0.1, 0.15) is 23.7 Å². The predicted octanol–water partition coefficient (Wildman–Crippen LogP) is 2.04. The maximum atomic E-state index is 13.2. The SMILES string of the molecule is CCC(CO)N1CCN(S(=O)(=O)c2cccc(C(=O)N(C)c3ccccc3)c2)CC1. The van der Waals surface area contributed by atoms with Crippen molar-refractivity contribution in [3.8, 4) is 0 Å². The number of aliphatic hydroxyl groups excluding tert-OH is 1. The van der Waals surface area contributed by atoms with Crippen LogP contribution in [0.5, 0.6) is 0 Å². The van der Waals surface area contributed by atoms with Crippen molar-refractivity contribution in [3.05, 3.63) is 60.2 Å². The number of hydrogen-bond donors (Lipinski definition) is 1. The summed E-state index contributed by atoms with van der Waals surface area (Å²) in [6.07, 6.45) is 0.822. The fraction of sp³-hybridized carbons (Fsp3) is 0.409. The van der Waals surface area contributed by atoms with E-state index in [9.17, 15) is 18.3 Å². The molecule has 8 heteroatoms. The van der Waals surface area contributed by atoms with Crippen LogP contribution in [0.15, 0.2) is 59.5 Å². The number of carbonyl (C=O) groups excluding carboxylic acids is 1. The van der Waals surface area contributed by atoms with Crippen LogP contribution in [0.3, 0.4) is 0 Å². The molecule has 1 saturated heterocycles. The third-order valence-corrected chi connectivity index (χ3v) is 7.53. The molecule has 3 rings (SSSR count). The lowest BCUT2D eigenvalue weighted by Gasteiger charge is -2.37. The van der Waals surface area contributed by atoms with Crippen molar-refractivity contribution in [1.82, 2.24) is 9.21 Å². The molecule has 0 radical (unpaired) electrons. The van der Waals surface area contributed by atoms with E-state index in [2.05, 4.69) is 4.90 Å². The fourth-order valence-electron chi connectivity index (χ4n) is 3.71. The van der Waals surface area contributed by atoms with Gasteiger partial charge in [-0.25, -0.2) is 8.42 Å². The average Bonchev–Trinajstić information content (AvgIpc) is 2.80. The smallest absolute Gasteiger partial charge is 0.258 e. The number of hydrogen-bond acceptors (Lipinski definition) is 5. The highest BCUT2D eigenvalue weighted by molar-refractivity contribution is 7.89. The maximum Gasteiger partial charge on any atom is 0.258 e. The van der Waals surface area contributed by atoms with Crippen molar-refractivity contribution in [1.29, 1.82) is 0 Å².